The minimum Gasteiger partial charge on any atom is -0.394 e. The van der Waals surface area contributed by atoms with E-state index in [1.54, 1.807) is 0 Å². The summed E-state index contributed by atoms with van der Waals surface area (Å²) in [6, 6.07) is -4.44. The third kappa shape index (κ3) is 30.6. The van der Waals surface area contributed by atoms with Crippen molar-refractivity contribution in [2.75, 3.05) is 92.2 Å². The summed E-state index contributed by atoms with van der Waals surface area (Å²) in [5.74, 6) is -2.82. The van der Waals surface area contributed by atoms with Crippen molar-refractivity contribution in [2.24, 2.45) is 0 Å². The summed E-state index contributed by atoms with van der Waals surface area (Å²) < 4.78 is 70.7. The van der Waals surface area contributed by atoms with Crippen LogP contribution in [0.4, 0.5) is 0 Å². The first-order valence-electron chi connectivity index (χ1n) is 32.9. The molecule has 4 saturated heterocycles. The van der Waals surface area contributed by atoms with E-state index in [1.807, 2.05) is 0 Å². The Morgan fingerprint density at radius 2 is 1.07 bits per heavy atom. The van der Waals surface area contributed by atoms with Crippen LogP contribution in [-0.2, 0) is 84.5 Å². The maximum atomic E-state index is 13.7. The van der Waals surface area contributed by atoms with E-state index in [0.29, 0.717) is 77.2 Å². The maximum absolute atomic E-state index is 13.7. The second kappa shape index (κ2) is 44.5. The molecule has 4 heterocycles. The molecule has 0 aromatic heterocycles. The van der Waals surface area contributed by atoms with Crippen LogP contribution in [0, 0.1) is 0 Å². The van der Waals surface area contributed by atoms with Crippen molar-refractivity contribution >= 4 is 63.1 Å². The van der Waals surface area contributed by atoms with Gasteiger partial charge in [0.1, 0.15) is 67.5 Å². The summed E-state index contributed by atoms with van der Waals surface area (Å²) in [6.07, 6.45) is -5.81. The summed E-state index contributed by atoms with van der Waals surface area (Å²) in [7, 11) is -6.36. The van der Waals surface area contributed by atoms with Crippen molar-refractivity contribution in [2.45, 2.75) is 234 Å². The van der Waals surface area contributed by atoms with Gasteiger partial charge in [-0.15, -0.1) is 9.05 Å². The summed E-state index contributed by atoms with van der Waals surface area (Å²) in [5.41, 5.74) is 0. The normalized spacial score (nSPS) is 27.1. The van der Waals surface area contributed by atoms with Crippen molar-refractivity contribution in [3.63, 3.8) is 0 Å². The van der Waals surface area contributed by atoms with Gasteiger partial charge in [-0.3, -0.25) is 42.9 Å². The highest BCUT2D eigenvalue weighted by atomic mass is 31.2. The van der Waals surface area contributed by atoms with Gasteiger partial charge in [-0.1, -0.05) is 12.8 Å². The molecule has 8 amide bonds. The number of nitrogens with one attached hydrogen (secondary N) is 6. The fourth-order valence-corrected chi connectivity index (χ4v) is 13.0. The number of hydrogen-bond donors (Lipinski definition) is 14. The minimum atomic E-state index is -3.59. The molecular weight excluding hydrogens is 1300 g/mol. The van der Waals surface area contributed by atoms with Crippen molar-refractivity contribution in [3.8, 4) is 0 Å². The van der Waals surface area contributed by atoms with E-state index in [0.717, 1.165) is 0 Å². The number of unbranched alkanes of at least 4 members (excludes halogenated alkanes) is 7. The number of carbonyl (C=O) groups is 8. The monoisotopic (exact) mass is 1400 g/mol. The molecule has 0 aliphatic carbocycles. The van der Waals surface area contributed by atoms with Gasteiger partial charge in [0, 0.05) is 103 Å². The fourth-order valence-electron chi connectivity index (χ4n) is 11.3. The third-order valence-electron chi connectivity index (χ3n) is 16.3. The summed E-state index contributed by atoms with van der Waals surface area (Å²) in [4.78, 5) is 104. The van der Waals surface area contributed by atoms with Gasteiger partial charge in [-0.25, -0.2) is 0 Å². The molecular formula is C59H105N8O26P2+. The molecule has 0 saturated carbocycles. The Morgan fingerprint density at radius 1 is 0.568 bits per heavy atom. The van der Waals surface area contributed by atoms with Crippen molar-refractivity contribution < 1.29 is 125 Å². The SMILES string of the molecule is CC(=O)NCCCCCC(=O)N1C[C@H](O[P+](=O)OC[C@@H]2C[C@@H](O)CN2C(=O)CCCCCNC(=O)[C@H](CCCCNC(=O)CCCCOC2OC(CO)C(O)C(O)C2NC(C)=O)NC(=O)CCCCOC2OC(CO)C(O)C(O)C2NC(C)=O)C[C@H]1COP(C)(=O)OCCO. The van der Waals surface area contributed by atoms with E-state index >= 15 is 0 Å². The topological polar surface area (TPSA) is 485 Å². The molecule has 0 aromatic rings. The lowest BCUT2D eigenvalue weighted by atomic mass is 9.97. The molecule has 0 spiro atoms. The second-order valence-corrected chi connectivity index (χ2v) is 27.3. The zero-order valence-electron chi connectivity index (χ0n) is 55.0. The van der Waals surface area contributed by atoms with Crippen LogP contribution >= 0.6 is 15.9 Å². The molecule has 0 bridgehead atoms. The van der Waals surface area contributed by atoms with Gasteiger partial charge in [-0.2, -0.15) is 0 Å². The molecule has 14 N–H and O–H groups in total. The Morgan fingerprint density at radius 3 is 1.61 bits per heavy atom. The second-order valence-electron chi connectivity index (χ2n) is 24.3. The van der Waals surface area contributed by atoms with Gasteiger partial charge < -0.3 is 111 Å². The van der Waals surface area contributed by atoms with E-state index in [9.17, 15) is 83.2 Å². The first-order valence-corrected chi connectivity index (χ1v) is 36.0. The molecule has 17 atom stereocenters. The molecule has 12 unspecified atom stereocenters. The highest BCUT2D eigenvalue weighted by molar-refractivity contribution is 7.52. The number of β-amino-alcohol motifs (C(OH)–C–C–N with tert-alkyl or cyclic N) is 1. The van der Waals surface area contributed by atoms with Gasteiger partial charge in [0.2, 0.25) is 47.3 Å². The van der Waals surface area contributed by atoms with Crippen LogP contribution in [0.3, 0.4) is 0 Å². The lowest BCUT2D eigenvalue weighted by Gasteiger charge is -2.42. The number of amides is 8. The zero-order chi connectivity index (χ0) is 70.0. The van der Waals surface area contributed by atoms with E-state index in [4.69, 9.17) is 42.1 Å². The van der Waals surface area contributed by atoms with E-state index in [2.05, 4.69) is 31.9 Å². The molecule has 34 nitrogen and oxygen atoms in total. The fraction of sp³-hybridized carbons (Fsp3) is 0.864. The van der Waals surface area contributed by atoms with Crippen molar-refractivity contribution in [3.05, 3.63) is 0 Å². The van der Waals surface area contributed by atoms with Crippen LogP contribution in [-0.4, -0.2) is 282 Å². The molecule has 0 radical (unpaired) electrons. The van der Waals surface area contributed by atoms with Gasteiger partial charge in [0.05, 0.1) is 57.8 Å². The van der Waals surface area contributed by atoms with Crippen LogP contribution < -0.4 is 31.9 Å². The summed E-state index contributed by atoms with van der Waals surface area (Å²) in [5, 5.41) is 96.7. The van der Waals surface area contributed by atoms with Gasteiger partial charge in [0.15, 0.2) is 12.6 Å². The van der Waals surface area contributed by atoms with Crippen LogP contribution in [0.5, 0.6) is 0 Å². The molecule has 36 heteroatoms. The summed E-state index contributed by atoms with van der Waals surface area (Å²) in [6.45, 7) is 3.96. The van der Waals surface area contributed by atoms with Crippen LogP contribution in [0.2, 0.25) is 0 Å². The number of likely N-dealkylation sites (tertiary alicyclic amines) is 2. The number of carbonyl (C=O) groups excluding carboxylic acids is 8. The number of hydrogen-bond acceptors (Lipinski definition) is 26. The molecule has 4 rings (SSSR count). The molecule has 4 aliphatic rings. The molecule has 4 fully saturated rings. The quantitative estimate of drug-likeness (QED) is 0.0228. The maximum Gasteiger partial charge on any atom is 0.697 e. The van der Waals surface area contributed by atoms with Crippen LogP contribution in [0.1, 0.15) is 143 Å². The number of ether oxygens (including phenoxy) is 4. The Bertz CT molecular complexity index is 2450. The van der Waals surface area contributed by atoms with Crippen LogP contribution in [0.25, 0.3) is 0 Å². The smallest absolute Gasteiger partial charge is 0.394 e. The first-order chi connectivity index (χ1) is 45.3. The average Bonchev–Trinajstić information content (AvgIpc) is 1.67. The van der Waals surface area contributed by atoms with Crippen molar-refractivity contribution in [1.82, 2.24) is 41.7 Å². The Hall–Kier alpha value is -4.55. The van der Waals surface area contributed by atoms with Gasteiger partial charge in [-0.05, 0) is 77.0 Å². The number of nitrogens with zero attached hydrogens (tertiary/aromatic N) is 2. The highest BCUT2D eigenvalue weighted by Gasteiger charge is 2.48. The predicted octanol–water partition coefficient (Wildman–Crippen LogP) is -2.14. The number of rotatable bonds is 46. The lowest BCUT2D eigenvalue weighted by Crippen LogP contribution is -2.64. The highest BCUT2D eigenvalue weighted by Crippen LogP contribution is 2.45. The summed E-state index contributed by atoms with van der Waals surface area (Å²) >= 11 is 0. The Kier molecular flexibility index (Phi) is 38.8. The largest absolute Gasteiger partial charge is 0.697 e. The van der Waals surface area contributed by atoms with Crippen molar-refractivity contribution in [1.29, 1.82) is 0 Å². The van der Waals surface area contributed by atoms with E-state index in [-0.39, 0.29) is 141 Å². The third-order valence-corrected chi connectivity index (χ3v) is 18.4. The standard InChI is InChI=1S/C59H104N8O26P2/c1-37(71)60-22-12-5-7-21-50(78)67-32-43(30-41(67)36-90-95(4,85)89-28-25-68)93-94(84)88-35-40-29-42(74)31-66(40)49(77)20-8-6-13-24-62-57(83)44(65-48(76)19-11-16-27-87-59-52(64-39(3)73)56(82)54(80)46(34-70)92-59)17-9-14-23-61-47(75)18-10-15-26-86-58-51(63-38(2)72)55(81)53(79)45(33-69)91-58/h40-46,51-56,58-59,68-70,74,79-82H,5-36H2,1-4H3,(H5-,60,61,62,63,64,65,71,72,73,75,76,83)/p+1/t40-,41-,42+,43+,44-,45?,46?,51?,52?,53?,54?,55?,56?,58?,59?,95?/m0/s1. The first kappa shape index (κ1) is 82.9. The zero-order valence-corrected chi connectivity index (χ0v) is 56.8. The van der Waals surface area contributed by atoms with E-state index in [1.165, 1.54) is 37.2 Å². The predicted molar refractivity (Wildman–Crippen MR) is 335 cm³/mol. The van der Waals surface area contributed by atoms with E-state index < -0.39 is 144 Å². The Labute approximate surface area is 555 Å². The number of aliphatic hydroxyl groups excluding tert-OH is 8. The average molecular weight is 1400 g/mol. The Balaban J connectivity index is 1.23. The molecule has 95 heavy (non-hydrogen) atoms. The molecule has 546 valence electrons. The van der Waals surface area contributed by atoms with Gasteiger partial charge >= 0.3 is 15.9 Å². The molecule has 4 aliphatic heterocycles. The molecule has 0 aromatic carbocycles. The van der Waals surface area contributed by atoms with Crippen LogP contribution in [0.15, 0.2) is 0 Å². The minimum absolute atomic E-state index is 0.00475. The lowest BCUT2D eigenvalue weighted by molar-refractivity contribution is -0.270. The van der Waals surface area contributed by atoms with Gasteiger partial charge in [0.25, 0.3) is 0 Å². The number of aliphatic hydroxyl groups is 8.